The van der Waals surface area contributed by atoms with Gasteiger partial charge in [0.15, 0.2) is 5.92 Å². The predicted octanol–water partition coefficient (Wildman–Crippen LogP) is 2.19. The third kappa shape index (κ3) is 5.22. The first kappa shape index (κ1) is 19.9. The van der Waals surface area contributed by atoms with Gasteiger partial charge in [0.1, 0.15) is 0 Å². The third-order valence-corrected chi connectivity index (χ3v) is 3.75. The normalized spacial score (nSPS) is 19.9. The Labute approximate surface area is 142 Å². The molecule has 0 aliphatic carbocycles. The SMILES string of the molecule is CCOC(=O)CC(C#N)C(CC(C)C)C1C(=O)OC(C)(C)OC1=O. The molecule has 0 amide bonds. The van der Waals surface area contributed by atoms with Gasteiger partial charge in [-0.05, 0) is 25.2 Å². The lowest BCUT2D eigenvalue weighted by molar-refractivity contribution is -0.243. The molecule has 7 heteroatoms. The van der Waals surface area contributed by atoms with Crippen LogP contribution in [0.3, 0.4) is 0 Å². The lowest BCUT2D eigenvalue weighted by Gasteiger charge is -2.37. The summed E-state index contributed by atoms with van der Waals surface area (Å²) >= 11 is 0. The zero-order chi connectivity index (χ0) is 18.5. The Balaban J connectivity index is 3.07. The fourth-order valence-electron chi connectivity index (χ4n) is 2.85. The molecule has 2 unspecified atom stereocenters. The van der Waals surface area contributed by atoms with Gasteiger partial charge >= 0.3 is 17.9 Å². The van der Waals surface area contributed by atoms with Crippen LogP contribution in [0.2, 0.25) is 0 Å². The van der Waals surface area contributed by atoms with Crippen LogP contribution in [0.5, 0.6) is 0 Å². The summed E-state index contributed by atoms with van der Waals surface area (Å²) in [7, 11) is 0. The number of cyclic esters (lactones) is 2. The molecular formula is C17H25NO6. The van der Waals surface area contributed by atoms with Gasteiger partial charge in [-0.15, -0.1) is 0 Å². The van der Waals surface area contributed by atoms with Crippen LogP contribution in [0.25, 0.3) is 0 Å². The summed E-state index contributed by atoms with van der Waals surface area (Å²) in [6.07, 6.45) is 0.231. The standard InChI is InChI=1S/C17H25NO6/c1-6-22-13(19)8-11(9-18)12(7-10(2)3)14-15(20)23-17(4,5)24-16(14)21/h10-12,14H,6-8H2,1-5H3. The first-order chi connectivity index (χ1) is 11.1. The highest BCUT2D eigenvalue weighted by Crippen LogP contribution is 2.36. The van der Waals surface area contributed by atoms with Gasteiger partial charge in [0, 0.05) is 13.8 Å². The smallest absolute Gasteiger partial charge is 0.323 e. The summed E-state index contributed by atoms with van der Waals surface area (Å²) in [5.41, 5.74) is 0. The molecule has 1 aliphatic rings. The van der Waals surface area contributed by atoms with E-state index in [9.17, 15) is 19.6 Å². The summed E-state index contributed by atoms with van der Waals surface area (Å²) in [6.45, 7) is 8.63. The Morgan fingerprint density at radius 2 is 1.83 bits per heavy atom. The van der Waals surface area contributed by atoms with Gasteiger partial charge in [0.05, 0.1) is 25.0 Å². The van der Waals surface area contributed by atoms with Crippen LogP contribution in [-0.4, -0.2) is 30.3 Å². The highest BCUT2D eigenvalue weighted by atomic mass is 16.7. The van der Waals surface area contributed by atoms with Gasteiger partial charge in [0.2, 0.25) is 0 Å². The second kappa shape index (κ2) is 8.13. The maximum Gasteiger partial charge on any atom is 0.323 e. The third-order valence-electron chi connectivity index (χ3n) is 3.75. The minimum absolute atomic E-state index is 0.114. The van der Waals surface area contributed by atoms with Gasteiger partial charge in [-0.25, -0.2) is 0 Å². The van der Waals surface area contributed by atoms with Crippen molar-refractivity contribution in [3.05, 3.63) is 0 Å². The van der Waals surface area contributed by atoms with Gasteiger partial charge in [-0.1, -0.05) is 13.8 Å². The number of nitrogens with zero attached hydrogens (tertiary/aromatic N) is 1. The lowest BCUT2D eigenvalue weighted by atomic mass is 9.75. The van der Waals surface area contributed by atoms with Crippen molar-refractivity contribution < 1.29 is 28.6 Å². The molecule has 1 rings (SSSR count). The Morgan fingerprint density at radius 3 is 2.25 bits per heavy atom. The minimum atomic E-state index is -1.32. The van der Waals surface area contributed by atoms with Crippen LogP contribution in [0.1, 0.15) is 47.5 Å². The van der Waals surface area contributed by atoms with Crippen LogP contribution in [0.15, 0.2) is 0 Å². The Kier molecular flexibility index (Phi) is 6.76. The molecule has 0 radical (unpaired) electrons. The number of nitriles is 1. The molecule has 0 aromatic heterocycles. The number of carbonyl (C=O) groups excluding carboxylic acids is 3. The van der Waals surface area contributed by atoms with E-state index in [0.717, 1.165) is 0 Å². The van der Waals surface area contributed by atoms with Crippen LogP contribution in [0.4, 0.5) is 0 Å². The van der Waals surface area contributed by atoms with Crippen molar-refractivity contribution in [1.29, 1.82) is 5.26 Å². The van der Waals surface area contributed by atoms with Gasteiger partial charge in [-0.3, -0.25) is 14.4 Å². The molecule has 1 heterocycles. The molecule has 0 aromatic rings. The molecule has 0 bridgehead atoms. The van der Waals surface area contributed by atoms with E-state index in [1.807, 2.05) is 19.9 Å². The molecule has 24 heavy (non-hydrogen) atoms. The van der Waals surface area contributed by atoms with Crippen LogP contribution < -0.4 is 0 Å². The summed E-state index contributed by atoms with van der Waals surface area (Å²) in [4.78, 5) is 36.4. The topological polar surface area (TPSA) is 103 Å². The number of hydrogen-bond acceptors (Lipinski definition) is 7. The van der Waals surface area contributed by atoms with Crippen molar-refractivity contribution in [3.63, 3.8) is 0 Å². The first-order valence-corrected chi connectivity index (χ1v) is 8.12. The lowest BCUT2D eigenvalue weighted by Crippen LogP contribution is -2.50. The number of rotatable bonds is 7. The summed E-state index contributed by atoms with van der Waals surface area (Å²) in [5.74, 6) is -5.89. The Bertz CT molecular complexity index is 514. The van der Waals surface area contributed by atoms with E-state index in [-0.39, 0.29) is 18.9 Å². The number of hydrogen-bond donors (Lipinski definition) is 0. The first-order valence-electron chi connectivity index (χ1n) is 8.12. The molecule has 134 valence electrons. The van der Waals surface area contributed by atoms with Gasteiger partial charge < -0.3 is 14.2 Å². The fraction of sp³-hybridized carbons (Fsp3) is 0.765. The molecule has 1 aliphatic heterocycles. The molecule has 0 saturated carbocycles. The largest absolute Gasteiger partial charge is 0.466 e. The summed E-state index contributed by atoms with van der Waals surface area (Å²) < 4.78 is 15.2. The molecule has 1 fully saturated rings. The van der Waals surface area contributed by atoms with E-state index < -0.39 is 41.4 Å². The number of esters is 3. The van der Waals surface area contributed by atoms with Crippen molar-refractivity contribution in [2.24, 2.45) is 23.7 Å². The maximum absolute atomic E-state index is 12.3. The second-order valence-corrected chi connectivity index (χ2v) is 6.76. The molecule has 0 aromatic carbocycles. The van der Waals surface area contributed by atoms with Crippen molar-refractivity contribution in [2.45, 2.75) is 53.2 Å². The molecule has 0 spiro atoms. The van der Waals surface area contributed by atoms with E-state index in [4.69, 9.17) is 14.2 Å². The highest BCUT2D eigenvalue weighted by Gasteiger charge is 2.49. The predicted molar refractivity (Wildman–Crippen MR) is 83.1 cm³/mol. The average Bonchev–Trinajstić information content (AvgIpc) is 2.41. The van der Waals surface area contributed by atoms with Gasteiger partial charge in [-0.2, -0.15) is 5.26 Å². The summed E-state index contributed by atoms with van der Waals surface area (Å²) in [5, 5.41) is 9.47. The van der Waals surface area contributed by atoms with E-state index in [0.29, 0.717) is 6.42 Å². The maximum atomic E-state index is 12.3. The monoisotopic (exact) mass is 339 g/mol. The molecule has 1 saturated heterocycles. The zero-order valence-corrected chi connectivity index (χ0v) is 14.8. The summed E-state index contributed by atoms with van der Waals surface area (Å²) in [6, 6.07) is 2.04. The Hall–Kier alpha value is -2.10. The van der Waals surface area contributed by atoms with E-state index in [2.05, 4.69) is 0 Å². The number of ether oxygens (including phenoxy) is 3. The van der Waals surface area contributed by atoms with E-state index in [1.54, 1.807) is 6.92 Å². The molecule has 7 nitrogen and oxygen atoms in total. The highest BCUT2D eigenvalue weighted by molar-refractivity contribution is 5.97. The van der Waals surface area contributed by atoms with Crippen LogP contribution in [0, 0.1) is 35.0 Å². The van der Waals surface area contributed by atoms with E-state index in [1.165, 1.54) is 13.8 Å². The van der Waals surface area contributed by atoms with Crippen LogP contribution in [-0.2, 0) is 28.6 Å². The molecular weight excluding hydrogens is 314 g/mol. The molecule has 2 atom stereocenters. The van der Waals surface area contributed by atoms with Crippen LogP contribution >= 0.6 is 0 Å². The van der Waals surface area contributed by atoms with Crippen molar-refractivity contribution in [2.75, 3.05) is 6.61 Å². The Morgan fingerprint density at radius 1 is 1.29 bits per heavy atom. The van der Waals surface area contributed by atoms with E-state index >= 15 is 0 Å². The number of carbonyl (C=O) groups is 3. The van der Waals surface area contributed by atoms with Crippen molar-refractivity contribution in [1.82, 2.24) is 0 Å². The van der Waals surface area contributed by atoms with Crippen molar-refractivity contribution >= 4 is 17.9 Å². The van der Waals surface area contributed by atoms with Crippen molar-refractivity contribution in [3.8, 4) is 6.07 Å². The average molecular weight is 339 g/mol. The molecule has 0 N–H and O–H groups in total. The zero-order valence-electron chi connectivity index (χ0n) is 14.8. The second-order valence-electron chi connectivity index (χ2n) is 6.76. The fourth-order valence-corrected chi connectivity index (χ4v) is 2.85. The van der Waals surface area contributed by atoms with Gasteiger partial charge in [0.25, 0.3) is 5.79 Å². The minimum Gasteiger partial charge on any atom is -0.466 e. The quantitative estimate of drug-likeness (QED) is 0.517.